The zero-order chi connectivity index (χ0) is 23.7. The van der Waals surface area contributed by atoms with E-state index in [0.29, 0.717) is 20.6 Å². The zero-order valence-electron chi connectivity index (χ0n) is 18.7. The van der Waals surface area contributed by atoms with Gasteiger partial charge in [0.25, 0.3) is 5.56 Å². The normalized spacial score (nSPS) is 15.8. The number of aromatic nitrogens is 1. The van der Waals surface area contributed by atoms with Crippen LogP contribution in [0.4, 0.5) is 0 Å². The van der Waals surface area contributed by atoms with E-state index in [2.05, 4.69) is 20.9 Å². The monoisotopic (exact) mass is 526 g/mol. The average Bonchev–Trinajstić information content (AvgIpc) is 3.08. The number of rotatable bonds is 5. The highest BCUT2D eigenvalue weighted by Crippen LogP contribution is 2.32. The van der Waals surface area contributed by atoms with Crippen molar-refractivity contribution in [3.63, 3.8) is 0 Å². The highest BCUT2D eigenvalue weighted by Gasteiger charge is 2.33. The number of nitrogens with zero attached hydrogens (tertiary/aromatic N) is 2. The first-order valence-corrected chi connectivity index (χ1v) is 12.0. The van der Waals surface area contributed by atoms with Crippen LogP contribution in [0.5, 0.6) is 5.75 Å². The fraction of sp³-hybridized carbons (Fsp3) is 0.240. The molecule has 0 amide bonds. The van der Waals surface area contributed by atoms with E-state index in [0.717, 1.165) is 26.9 Å². The maximum atomic E-state index is 13.6. The van der Waals surface area contributed by atoms with Crippen LogP contribution in [0.15, 0.2) is 68.0 Å². The highest BCUT2D eigenvalue weighted by molar-refractivity contribution is 9.10. The van der Waals surface area contributed by atoms with E-state index in [4.69, 9.17) is 9.47 Å². The van der Waals surface area contributed by atoms with Crippen LogP contribution in [0, 0.1) is 6.92 Å². The Balaban J connectivity index is 1.95. The molecule has 0 bridgehead atoms. The number of methoxy groups -OCH3 is 1. The van der Waals surface area contributed by atoms with Crippen LogP contribution in [0.25, 0.3) is 6.08 Å². The van der Waals surface area contributed by atoms with Gasteiger partial charge in [-0.05, 0) is 61.7 Å². The number of aryl methyl sites for hydroxylation is 1. The number of fused-ring (bicyclic) bond motifs is 1. The predicted molar refractivity (Wildman–Crippen MR) is 132 cm³/mol. The molecule has 1 aliphatic rings. The van der Waals surface area contributed by atoms with Crippen molar-refractivity contribution >= 4 is 39.3 Å². The summed E-state index contributed by atoms with van der Waals surface area (Å²) in [5.74, 6) is 0.283. The number of carbonyl (C=O) groups is 1. The van der Waals surface area contributed by atoms with E-state index in [-0.39, 0.29) is 12.2 Å². The fourth-order valence-corrected chi connectivity index (χ4v) is 5.32. The molecule has 0 fully saturated rings. The number of hydrogen-bond donors (Lipinski definition) is 0. The number of carbonyl (C=O) groups excluding carboxylic acids is 1. The van der Waals surface area contributed by atoms with Crippen LogP contribution >= 0.6 is 27.3 Å². The zero-order valence-corrected chi connectivity index (χ0v) is 21.1. The molecule has 3 aromatic rings. The summed E-state index contributed by atoms with van der Waals surface area (Å²) in [7, 11) is 1.62. The van der Waals surface area contributed by atoms with Crippen LogP contribution < -0.4 is 19.6 Å². The molecular weight excluding hydrogens is 504 g/mol. The molecule has 170 valence electrons. The van der Waals surface area contributed by atoms with Crippen LogP contribution in [0.3, 0.4) is 0 Å². The van der Waals surface area contributed by atoms with Crippen molar-refractivity contribution in [1.82, 2.24) is 4.57 Å². The van der Waals surface area contributed by atoms with Crippen molar-refractivity contribution in [3.05, 3.63) is 94.6 Å². The Hall–Kier alpha value is -2.97. The number of allylic oxidation sites excluding steroid dienone is 1. The van der Waals surface area contributed by atoms with Crippen LogP contribution in [-0.4, -0.2) is 24.3 Å². The average molecular weight is 527 g/mol. The number of esters is 1. The summed E-state index contributed by atoms with van der Waals surface area (Å²) in [6.45, 7) is 5.74. The van der Waals surface area contributed by atoms with Crippen LogP contribution in [0.2, 0.25) is 0 Å². The van der Waals surface area contributed by atoms with Crippen molar-refractivity contribution in [1.29, 1.82) is 0 Å². The molecule has 0 saturated heterocycles. The van der Waals surface area contributed by atoms with Crippen molar-refractivity contribution < 1.29 is 14.3 Å². The third-order valence-corrected chi connectivity index (χ3v) is 6.89. The minimum atomic E-state index is -0.632. The first kappa shape index (κ1) is 23.2. The molecule has 1 aliphatic heterocycles. The summed E-state index contributed by atoms with van der Waals surface area (Å²) < 4.78 is 13.7. The van der Waals surface area contributed by atoms with Gasteiger partial charge in [-0.25, -0.2) is 9.79 Å². The Labute approximate surface area is 203 Å². The Morgan fingerprint density at radius 1 is 1.24 bits per heavy atom. The van der Waals surface area contributed by atoms with E-state index in [1.165, 1.54) is 11.3 Å². The van der Waals surface area contributed by atoms with Crippen molar-refractivity contribution in [3.8, 4) is 5.75 Å². The lowest BCUT2D eigenvalue weighted by molar-refractivity contribution is -0.139. The number of thiazole rings is 1. The molecule has 0 aliphatic carbocycles. The molecule has 1 atom stereocenters. The molecule has 2 aromatic carbocycles. The minimum Gasteiger partial charge on any atom is -0.496 e. The SMILES string of the molecule is CCOC(=O)C1=C(C)N=c2s/c(=C\c3ccc(C)c(OC)c3)c(=O)n2[C@H]1c1cccc(Br)c1. The van der Waals surface area contributed by atoms with Gasteiger partial charge < -0.3 is 9.47 Å². The molecule has 8 heteroatoms. The van der Waals surface area contributed by atoms with E-state index in [1.54, 1.807) is 25.5 Å². The van der Waals surface area contributed by atoms with Gasteiger partial charge in [0.1, 0.15) is 5.75 Å². The van der Waals surface area contributed by atoms with Gasteiger partial charge in [-0.15, -0.1) is 0 Å². The standard InChI is InChI=1S/C25H23BrN2O4S/c1-5-32-24(30)21-15(3)27-25-28(22(21)17-7-6-8-18(26)13-17)23(29)20(33-25)12-16-10-9-14(2)19(11-16)31-4/h6-13,22H,5H2,1-4H3/b20-12-/t22-/m0/s1. The lowest BCUT2D eigenvalue weighted by Gasteiger charge is -2.24. The Morgan fingerprint density at radius 2 is 2.03 bits per heavy atom. The van der Waals surface area contributed by atoms with E-state index >= 15 is 0 Å². The van der Waals surface area contributed by atoms with Gasteiger partial charge in [0.15, 0.2) is 4.80 Å². The second-order valence-corrected chi connectivity index (χ2v) is 9.51. The lowest BCUT2D eigenvalue weighted by atomic mass is 9.96. The maximum Gasteiger partial charge on any atom is 0.338 e. The summed E-state index contributed by atoms with van der Waals surface area (Å²) in [6.07, 6.45) is 1.83. The van der Waals surface area contributed by atoms with Crippen molar-refractivity contribution in [2.45, 2.75) is 26.8 Å². The van der Waals surface area contributed by atoms with Gasteiger partial charge in [-0.3, -0.25) is 9.36 Å². The Bertz CT molecular complexity index is 1450. The molecule has 0 radical (unpaired) electrons. The van der Waals surface area contributed by atoms with Gasteiger partial charge in [0, 0.05) is 4.47 Å². The fourth-order valence-electron chi connectivity index (χ4n) is 3.86. The van der Waals surface area contributed by atoms with Crippen LogP contribution in [-0.2, 0) is 9.53 Å². The summed E-state index contributed by atoms with van der Waals surface area (Å²) in [5, 5.41) is 0. The number of ether oxygens (including phenoxy) is 2. The van der Waals surface area contributed by atoms with Gasteiger partial charge in [0.05, 0.1) is 35.6 Å². The first-order chi connectivity index (χ1) is 15.8. The molecule has 6 nitrogen and oxygen atoms in total. The third-order valence-electron chi connectivity index (χ3n) is 5.41. The van der Waals surface area contributed by atoms with E-state index < -0.39 is 12.0 Å². The lowest BCUT2D eigenvalue weighted by Crippen LogP contribution is -2.39. The van der Waals surface area contributed by atoms with Gasteiger partial charge in [-0.1, -0.05) is 51.5 Å². The van der Waals surface area contributed by atoms with E-state index in [9.17, 15) is 9.59 Å². The van der Waals surface area contributed by atoms with Crippen LogP contribution in [0.1, 0.15) is 36.6 Å². The molecule has 1 aromatic heterocycles. The molecule has 33 heavy (non-hydrogen) atoms. The molecule has 0 unspecified atom stereocenters. The van der Waals surface area contributed by atoms with E-state index in [1.807, 2.05) is 55.5 Å². The summed E-state index contributed by atoms with van der Waals surface area (Å²) in [5.41, 5.74) is 3.36. The summed E-state index contributed by atoms with van der Waals surface area (Å²) >= 11 is 4.80. The second kappa shape index (κ2) is 9.49. The topological polar surface area (TPSA) is 69.9 Å². The predicted octanol–water partition coefficient (Wildman–Crippen LogP) is 3.88. The van der Waals surface area contributed by atoms with Gasteiger partial charge in [-0.2, -0.15) is 0 Å². The molecule has 4 rings (SSSR count). The largest absolute Gasteiger partial charge is 0.496 e. The van der Waals surface area contributed by atoms with Gasteiger partial charge in [0.2, 0.25) is 0 Å². The Morgan fingerprint density at radius 3 is 2.73 bits per heavy atom. The second-order valence-electron chi connectivity index (χ2n) is 7.59. The van der Waals surface area contributed by atoms with Crippen molar-refractivity contribution in [2.24, 2.45) is 4.99 Å². The minimum absolute atomic E-state index is 0.211. The molecular formula is C25H23BrN2O4S. The quantitative estimate of drug-likeness (QED) is 0.473. The molecule has 0 saturated carbocycles. The summed E-state index contributed by atoms with van der Waals surface area (Å²) in [6, 6.07) is 12.7. The third kappa shape index (κ3) is 4.45. The summed E-state index contributed by atoms with van der Waals surface area (Å²) in [4.78, 5) is 31.7. The first-order valence-electron chi connectivity index (χ1n) is 10.4. The number of benzene rings is 2. The maximum absolute atomic E-state index is 13.6. The molecule has 0 spiro atoms. The molecule has 0 N–H and O–H groups in total. The highest BCUT2D eigenvalue weighted by atomic mass is 79.9. The molecule has 2 heterocycles. The van der Waals surface area contributed by atoms with Gasteiger partial charge >= 0.3 is 5.97 Å². The number of halogens is 1. The van der Waals surface area contributed by atoms with Crippen molar-refractivity contribution in [2.75, 3.05) is 13.7 Å². The number of hydrogen-bond acceptors (Lipinski definition) is 6. The Kier molecular flexibility index (Phi) is 6.67. The smallest absolute Gasteiger partial charge is 0.338 e.